The molecule has 0 radical (unpaired) electrons. The molecule has 2 aliphatic rings. The highest BCUT2D eigenvalue weighted by atomic mass is 16.5. The van der Waals surface area contributed by atoms with Gasteiger partial charge in [0.2, 0.25) is 0 Å². The molecule has 2 aliphatic heterocycles. The maximum absolute atomic E-state index is 10.9. The Morgan fingerprint density at radius 1 is 1.41 bits per heavy atom. The molecule has 120 valence electrons. The third-order valence-corrected chi connectivity index (χ3v) is 4.18. The molecule has 3 rings (SSSR count). The maximum Gasteiger partial charge on any atom is 0.335 e. The first-order chi connectivity index (χ1) is 10.7. The van der Waals surface area contributed by atoms with Gasteiger partial charge in [0, 0.05) is 25.7 Å². The fourth-order valence-electron chi connectivity index (χ4n) is 3.04. The summed E-state index contributed by atoms with van der Waals surface area (Å²) in [5.41, 5.74) is 0.244. The summed E-state index contributed by atoms with van der Waals surface area (Å²) >= 11 is 0. The highest BCUT2D eigenvalue weighted by molar-refractivity contribution is 5.87. The summed E-state index contributed by atoms with van der Waals surface area (Å²) in [6.45, 7) is 4.42. The Kier molecular flexibility index (Phi) is 4.92. The van der Waals surface area contributed by atoms with Crippen LogP contribution in [0.4, 0.5) is 0 Å². The molecule has 0 saturated carbocycles. The lowest BCUT2D eigenvalue weighted by molar-refractivity contribution is -0.136. The highest BCUT2D eigenvalue weighted by Crippen LogP contribution is 2.21. The van der Waals surface area contributed by atoms with E-state index in [0.29, 0.717) is 25.0 Å². The van der Waals surface area contributed by atoms with E-state index in [1.54, 1.807) is 24.3 Å². The van der Waals surface area contributed by atoms with Crippen molar-refractivity contribution in [1.82, 2.24) is 4.90 Å². The van der Waals surface area contributed by atoms with Gasteiger partial charge in [0.25, 0.3) is 0 Å². The summed E-state index contributed by atoms with van der Waals surface area (Å²) in [5.74, 6) is -0.347. The van der Waals surface area contributed by atoms with E-state index < -0.39 is 5.97 Å². The van der Waals surface area contributed by atoms with Gasteiger partial charge < -0.3 is 19.3 Å². The number of carboxylic acids is 1. The molecule has 1 aromatic carbocycles. The Morgan fingerprint density at radius 3 is 3.18 bits per heavy atom. The second kappa shape index (κ2) is 7.09. The molecule has 2 saturated heterocycles. The van der Waals surface area contributed by atoms with Crippen LogP contribution in [0.25, 0.3) is 0 Å². The van der Waals surface area contributed by atoms with E-state index in [2.05, 4.69) is 4.90 Å². The number of nitrogens with zero attached hydrogens (tertiary/aromatic N) is 1. The van der Waals surface area contributed by atoms with Gasteiger partial charge in [0.05, 0.1) is 24.9 Å². The van der Waals surface area contributed by atoms with Crippen LogP contribution in [0.3, 0.4) is 0 Å². The number of fused-ring (bicyclic) bond motifs is 1. The summed E-state index contributed by atoms with van der Waals surface area (Å²) in [4.78, 5) is 13.3. The average molecular weight is 307 g/mol. The summed E-state index contributed by atoms with van der Waals surface area (Å²) < 4.78 is 16.9. The number of morpholine rings is 1. The van der Waals surface area contributed by atoms with E-state index in [0.717, 1.165) is 32.7 Å². The van der Waals surface area contributed by atoms with Gasteiger partial charge in [-0.05, 0) is 24.6 Å². The minimum Gasteiger partial charge on any atom is -0.492 e. The Bertz CT molecular complexity index is 519. The van der Waals surface area contributed by atoms with Gasteiger partial charge in [-0.25, -0.2) is 4.79 Å². The van der Waals surface area contributed by atoms with Crippen molar-refractivity contribution in [3.05, 3.63) is 29.8 Å². The SMILES string of the molecule is O=C(O)c1cccc(OCCN2CCO[C@@H]3COCC[C@@H]32)c1. The Labute approximate surface area is 129 Å². The third-order valence-electron chi connectivity index (χ3n) is 4.18. The van der Waals surface area contributed by atoms with Crippen LogP contribution in [-0.2, 0) is 9.47 Å². The van der Waals surface area contributed by atoms with Crippen LogP contribution in [0.2, 0.25) is 0 Å². The van der Waals surface area contributed by atoms with Crippen LogP contribution in [0.15, 0.2) is 24.3 Å². The van der Waals surface area contributed by atoms with E-state index in [1.807, 2.05) is 0 Å². The average Bonchev–Trinajstić information content (AvgIpc) is 2.55. The van der Waals surface area contributed by atoms with Crippen LogP contribution in [0.1, 0.15) is 16.8 Å². The van der Waals surface area contributed by atoms with E-state index >= 15 is 0 Å². The minimum absolute atomic E-state index is 0.165. The van der Waals surface area contributed by atoms with Gasteiger partial charge in [-0.2, -0.15) is 0 Å². The monoisotopic (exact) mass is 307 g/mol. The molecule has 0 bridgehead atoms. The molecule has 22 heavy (non-hydrogen) atoms. The van der Waals surface area contributed by atoms with Crippen molar-refractivity contribution in [2.75, 3.05) is 39.5 Å². The first-order valence-electron chi connectivity index (χ1n) is 7.63. The Balaban J connectivity index is 1.52. The lowest BCUT2D eigenvalue weighted by Crippen LogP contribution is -2.56. The zero-order chi connectivity index (χ0) is 15.4. The van der Waals surface area contributed by atoms with Gasteiger partial charge in [-0.3, -0.25) is 4.90 Å². The zero-order valence-corrected chi connectivity index (χ0v) is 12.4. The second-order valence-corrected chi connectivity index (χ2v) is 5.56. The van der Waals surface area contributed by atoms with Crippen molar-refractivity contribution >= 4 is 5.97 Å². The lowest BCUT2D eigenvalue weighted by Gasteiger charge is -2.43. The number of hydrogen-bond acceptors (Lipinski definition) is 5. The van der Waals surface area contributed by atoms with Crippen molar-refractivity contribution < 1.29 is 24.1 Å². The summed E-state index contributed by atoms with van der Waals surface area (Å²) in [7, 11) is 0. The van der Waals surface area contributed by atoms with Crippen molar-refractivity contribution in [1.29, 1.82) is 0 Å². The molecule has 0 spiro atoms. The molecule has 2 fully saturated rings. The molecule has 0 unspecified atom stereocenters. The molecule has 1 aromatic rings. The third kappa shape index (κ3) is 3.58. The fourth-order valence-corrected chi connectivity index (χ4v) is 3.04. The van der Waals surface area contributed by atoms with Gasteiger partial charge in [-0.15, -0.1) is 0 Å². The molecule has 0 aromatic heterocycles. The Hall–Kier alpha value is -1.63. The smallest absolute Gasteiger partial charge is 0.335 e. The van der Waals surface area contributed by atoms with E-state index in [-0.39, 0.29) is 11.7 Å². The number of hydrogen-bond donors (Lipinski definition) is 1. The zero-order valence-electron chi connectivity index (χ0n) is 12.4. The van der Waals surface area contributed by atoms with E-state index in [9.17, 15) is 4.79 Å². The second-order valence-electron chi connectivity index (χ2n) is 5.56. The molecule has 0 amide bonds. The van der Waals surface area contributed by atoms with Crippen LogP contribution in [-0.4, -0.2) is 67.6 Å². The van der Waals surface area contributed by atoms with E-state index in [4.69, 9.17) is 19.3 Å². The molecule has 2 atom stereocenters. The molecule has 0 aliphatic carbocycles. The number of rotatable bonds is 5. The first-order valence-corrected chi connectivity index (χ1v) is 7.63. The number of ether oxygens (including phenoxy) is 3. The predicted octanol–water partition coefficient (Wildman–Crippen LogP) is 1.25. The molecule has 6 nitrogen and oxygen atoms in total. The maximum atomic E-state index is 10.9. The molecular weight excluding hydrogens is 286 g/mol. The molecule has 2 heterocycles. The van der Waals surface area contributed by atoms with Gasteiger partial charge >= 0.3 is 5.97 Å². The summed E-state index contributed by atoms with van der Waals surface area (Å²) in [6, 6.07) is 6.99. The largest absolute Gasteiger partial charge is 0.492 e. The minimum atomic E-state index is -0.941. The first kappa shape index (κ1) is 15.3. The molecular formula is C16H21NO5. The van der Waals surface area contributed by atoms with E-state index in [1.165, 1.54) is 0 Å². The van der Waals surface area contributed by atoms with Crippen molar-refractivity contribution in [3.8, 4) is 5.75 Å². The fraction of sp³-hybridized carbons (Fsp3) is 0.562. The topological polar surface area (TPSA) is 68.2 Å². The quantitative estimate of drug-likeness (QED) is 0.883. The van der Waals surface area contributed by atoms with Crippen LogP contribution in [0, 0.1) is 0 Å². The summed E-state index contributed by atoms with van der Waals surface area (Å²) in [6.07, 6.45) is 1.15. The Morgan fingerprint density at radius 2 is 2.32 bits per heavy atom. The predicted molar refractivity (Wildman–Crippen MR) is 79.4 cm³/mol. The van der Waals surface area contributed by atoms with Crippen LogP contribution < -0.4 is 4.74 Å². The van der Waals surface area contributed by atoms with Crippen molar-refractivity contribution in [2.45, 2.75) is 18.6 Å². The number of carboxylic acid groups (broad SMARTS) is 1. The van der Waals surface area contributed by atoms with Gasteiger partial charge in [-0.1, -0.05) is 6.07 Å². The number of carbonyl (C=O) groups is 1. The van der Waals surface area contributed by atoms with Gasteiger partial charge in [0.1, 0.15) is 12.4 Å². The molecule has 1 N–H and O–H groups in total. The van der Waals surface area contributed by atoms with Crippen molar-refractivity contribution in [2.24, 2.45) is 0 Å². The van der Waals surface area contributed by atoms with Crippen LogP contribution in [0.5, 0.6) is 5.75 Å². The summed E-state index contributed by atoms with van der Waals surface area (Å²) in [5, 5.41) is 8.98. The van der Waals surface area contributed by atoms with Crippen molar-refractivity contribution in [3.63, 3.8) is 0 Å². The number of aromatic carboxylic acids is 1. The standard InChI is InChI=1S/C16H21NO5/c18-16(19)12-2-1-3-13(10-12)21-8-5-17-6-9-22-15-11-20-7-4-14(15)17/h1-3,10,14-15H,4-9,11H2,(H,18,19)/t14-,15+/m0/s1. The molecule has 6 heteroatoms. The number of benzene rings is 1. The van der Waals surface area contributed by atoms with Crippen LogP contribution >= 0.6 is 0 Å². The normalized spacial score (nSPS) is 25.5. The van der Waals surface area contributed by atoms with Gasteiger partial charge in [0.15, 0.2) is 0 Å². The highest BCUT2D eigenvalue weighted by Gasteiger charge is 2.34. The lowest BCUT2D eigenvalue weighted by atomic mass is 10.0.